The van der Waals surface area contributed by atoms with E-state index in [9.17, 15) is 9.59 Å². The molecule has 1 rings (SSSR count). The van der Waals surface area contributed by atoms with Gasteiger partial charge in [0.15, 0.2) is 5.78 Å². The van der Waals surface area contributed by atoms with Crippen LogP contribution in [-0.2, 0) is 9.59 Å². The third-order valence-corrected chi connectivity index (χ3v) is 2.06. The van der Waals surface area contributed by atoms with Gasteiger partial charge in [0.05, 0.1) is 12.0 Å². The Morgan fingerprint density at radius 1 is 1.45 bits per heavy atom. The fourth-order valence-electron chi connectivity index (χ4n) is 1.37. The highest BCUT2D eigenvalue weighted by Gasteiger charge is 2.32. The van der Waals surface area contributed by atoms with Crippen LogP contribution in [0.25, 0.3) is 0 Å². The Balaban J connectivity index is 2.66. The van der Waals surface area contributed by atoms with E-state index >= 15 is 0 Å². The Hall–Kier alpha value is -0.900. The molecule has 1 fully saturated rings. The summed E-state index contributed by atoms with van der Waals surface area (Å²) in [6, 6.07) is -0.471. The molecule has 4 N–H and O–H groups in total. The lowest BCUT2D eigenvalue weighted by Gasteiger charge is -2.22. The number of rotatable bonds is 1. The summed E-state index contributed by atoms with van der Waals surface area (Å²) in [6.07, 6.45) is 2.07. The maximum Gasteiger partial charge on any atom is 0.228 e. The van der Waals surface area contributed by atoms with Crippen LogP contribution in [0.3, 0.4) is 0 Å². The summed E-state index contributed by atoms with van der Waals surface area (Å²) in [5.74, 6) is -1.35. The van der Waals surface area contributed by atoms with Crippen LogP contribution in [-0.4, -0.2) is 17.7 Å². The van der Waals surface area contributed by atoms with Crippen LogP contribution in [0.5, 0.6) is 0 Å². The second kappa shape index (κ2) is 3.00. The van der Waals surface area contributed by atoms with Crippen LogP contribution in [0.15, 0.2) is 0 Å². The lowest BCUT2D eigenvalue weighted by Crippen LogP contribution is -2.44. The quantitative estimate of drug-likeness (QED) is 0.486. The number of carbonyl (C=O) groups is 2. The van der Waals surface area contributed by atoms with E-state index < -0.39 is 17.9 Å². The first-order valence-corrected chi connectivity index (χ1v) is 3.71. The molecular weight excluding hydrogens is 144 g/mol. The lowest BCUT2D eigenvalue weighted by atomic mass is 9.84. The number of amides is 1. The number of hydrogen-bond donors (Lipinski definition) is 2. The van der Waals surface area contributed by atoms with E-state index in [0.717, 1.165) is 6.42 Å². The monoisotopic (exact) mass is 156 g/mol. The molecule has 0 bridgehead atoms. The van der Waals surface area contributed by atoms with Crippen LogP contribution in [0.2, 0.25) is 0 Å². The Kier molecular flexibility index (Phi) is 2.24. The molecule has 0 aromatic carbocycles. The minimum absolute atomic E-state index is 0.191. The molecule has 4 heteroatoms. The molecule has 1 aliphatic rings. The van der Waals surface area contributed by atoms with Crippen molar-refractivity contribution in [2.24, 2.45) is 17.4 Å². The Bertz CT molecular complexity index is 191. The highest BCUT2D eigenvalue weighted by molar-refractivity contribution is 6.03. The van der Waals surface area contributed by atoms with E-state index in [2.05, 4.69) is 0 Å². The minimum atomic E-state index is -0.626. The molecule has 62 valence electrons. The normalized spacial score (nSPS) is 31.9. The molecule has 0 radical (unpaired) electrons. The second-order valence-corrected chi connectivity index (χ2v) is 2.89. The Labute approximate surface area is 64.9 Å². The van der Waals surface area contributed by atoms with E-state index in [0.29, 0.717) is 12.8 Å². The van der Waals surface area contributed by atoms with Crippen molar-refractivity contribution < 1.29 is 9.59 Å². The first-order valence-electron chi connectivity index (χ1n) is 3.71. The SMILES string of the molecule is NC(=O)C1CCCC(N)C1=O. The van der Waals surface area contributed by atoms with E-state index in [1.54, 1.807) is 0 Å². The zero-order valence-corrected chi connectivity index (χ0v) is 6.25. The predicted molar refractivity (Wildman–Crippen MR) is 39.5 cm³/mol. The molecule has 0 heterocycles. The van der Waals surface area contributed by atoms with Gasteiger partial charge in [0, 0.05) is 0 Å². The average molecular weight is 156 g/mol. The van der Waals surface area contributed by atoms with Gasteiger partial charge in [-0.2, -0.15) is 0 Å². The molecule has 2 atom stereocenters. The summed E-state index contributed by atoms with van der Waals surface area (Å²) in [6.45, 7) is 0. The van der Waals surface area contributed by atoms with Gasteiger partial charge in [-0.25, -0.2) is 0 Å². The van der Waals surface area contributed by atoms with Gasteiger partial charge >= 0.3 is 0 Å². The van der Waals surface area contributed by atoms with Crippen molar-refractivity contribution in [1.82, 2.24) is 0 Å². The number of hydrogen-bond acceptors (Lipinski definition) is 3. The highest BCUT2D eigenvalue weighted by atomic mass is 16.2. The molecule has 0 aromatic rings. The van der Waals surface area contributed by atoms with Crippen molar-refractivity contribution in [1.29, 1.82) is 0 Å². The fraction of sp³-hybridized carbons (Fsp3) is 0.714. The fourth-order valence-corrected chi connectivity index (χ4v) is 1.37. The summed E-state index contributed by atoms with van der Waals surface area (Å²) in [4.78, 5) is 21.8. The molecule has 0 saturated heterocycles. The smallest absolute Gasteiger partial charge is 0.228 e. The van der Waals surface area contributed by atoms with Gasteiger partial charge in [-0.3, -0.25) is 9.59 Å². The molecular formula is C7H12N2O2. The Morgan fingerprint density at radius 2 is 2.09 bits per heavy atom. The number of ketones is 1. The number of nitrogens with two attached hydrogens (primary N) is 2. The number of Topliss-reactive ketones (excluding diaryl/α,β-unsaturated/α-hetero) is 1. The van der Waals surface area contributed by atoms with Gasteiger partial charge in [0.25, 0.3) is 0 Å². The molecule has 1 saturated carbocycles. The van der Waals surface area contributed by atoms with Gasteiger partial charge in [0.1, 0.15) is 0 Å². The van der Waals surface area contributed by atoms with Crippen LogP contribution >= 0.6 is 0 Å². The van der Waals surface area contributed by atoms with Crippen LogP contribution in [0, 0.1) is 5.92 Å². The van der Waals surface area contributed by atoms with Crippen LogP contribution in [0.1, 0.15) is 19.3 Å². The number of primary amides is 1. The van der Waals surface area contributed by atoms with Crippen molar-refractivity contribution in [3.63, 3.8) is 0 Å². The molecule has 11 heavy (non-hydrogen) atoms. The Morgan fingerprint density at radius 3 is 2.55 bits per heavy atom. The highest BCUT2D eigenvalue weighted by Crippen LogP contribution is 2.19. The third kappa shape index (κ3) is 1.57. The molecule has 1 amide bonds. The summed E-state index contributed by atoms with van der Waals surface area (Å²) in [7, 11) is 0. The summed E-state index contributed by atoms with van der Waals surface area (Å²) >= 11 is 0. The zero-order valence-electron chi connectivity index (χ0n) is 6.25. The van der Waals surface area contributed by atoms with Gasteiger partial charge in [0.2, 0.25) is 5.91 Å². The summed E-state index contributed by atoms with van der Waals surface area (Å²) in [5.41, 5.74) is 10.5. The van der Waals surface area contributed by atoms with E-state index in [1.807, 2.05) is 0 Å². The van der Waals surface area contributed by atoms with Crippen molar-refractivity contribution >= 4 is 11.7 Å². The second-order valence-electron chi connectivity index (χ2n) is 2.89. The van der Waals surface area contributed by atoms with Crippen LogP contribution < -0.4 is 11.5 Å². The van der Waals surface area contributed by atoms with E-state index in [-0.39, 0.29) is 5.78 Å². The molecule has 0 aliphatic heterocycles. The third-order valence-electron chi connectivity index (χ3n) is 2.06. The van der Waals surface area contributed by atoms with Gasteiger partial charge in [-0.05, 0) is 12.8 Å². The largest absolute Gasteiger partial charge is 0.369 e. The summed E-state index contributed by atoms with van der Waals surface area (Å²) < 4.78 is 0. The molecule has 2 unspecified atom stereocenters. The average Bonchev–Trinajstić information content (AvgIpc) is 1.94. The lowest BCUT2D eigenvalue weighted by molar-refractivity contribution is -0.134. The van der Waals surface area contributed by atoms with Crippen molar-refractivity contribution in [3.8, 4) is 0 Å². The summed E-state index contributed by atoms with van der Waals surface area (Å²) in [5, 5.41) is 0. The first kappa shape index (κ1) is 8.20. The standard InChI is InChI=1S/C7H12N2O2/c8-5-3-1-2-4(6(5)10)7(9)11/h4-5H,1-3,8H2,(H2,9,11). The van der Waals surface area contributed by atoms with Gasteiger partial charge < -0.3 is 11.5 Å². The van der Waals surface area contributed by atoms with E-state index in [1.165, 1.54) is 0 Å². The van der Waals surface area contributed by atoms with Crippen molar-refractivity contribution in [3.05, 3.63) is 0 Å². The van der Waals surface area contributed by atoms with Gasteiger partial charge in [-0.1, -0.05) is 6.42 Å². The maximum absolute atomic E-state index is 11.1. The topological polar surface area (TPSA) is 86.2 Å². The maximum atomic E-state index is 11.1. The van der Waals surface area contributed by atoms with Crippen molar-refractivity contribution in [2.75, 3.05) is 0 Å². The zero-order chi connectivity index (χ0) is 8.43. The molecule has 4 nitrogen and oxygen atoms in total. The van der Waals surface area contributed by atoms with E-state index in [4.69, 9.17) is 11.5 Å². The molecule has 0 aromatic heterocycles. The minimum Gasteiger partial charge on any atom is -0.369 e. The molecule has 1 aliphatic carbocycles. The first-order chi connectivity index (χ1) is 5.13. The number of carbonyl (C=O) groups excluding carboxylic acids is 2. The predicted octanol–water partition coefficient (Wildman–Crippen LogP) is -0.832. The molecule has 0 spiro atoms. The van der Waals surface area contributed by atoms with Crippen LogP contribution in [0.4, 0.5) is 0 Å². The van der Waals surface area contributed by atoms with Crippen molar-refractivity contribution in [2.45, 2.75) is 25.3 Å². The van der Waals surface area contributed by atoms with Gasteiger partial charge in [-0.15, -0.1) is 0 Å².